The summed E-state index contributed by atoms with van der Waals surface area (Å²) in [4.78, 5) is 9.54. The number of rotatable bonds is 11. The van der Waals surface area contributed by atoms with Gasteiger partial charge in [0, 0.05) is 0 Å². The van der Waals surface area contributed by atoms with E-state index in [-0.39, 0.29) is 0 Å². The van der Waals surface area contributed by atoms with Crippen LogP contribution in [0.3, 0.4) is 0 Å². The molecular formula is C12HF22O. The highest BCUT2D eigenvalue weighted by Gasteiger charge is 2.98. The highest BCUT2D eigenvalue weighted by Crippen LogP contribution is 2.66. The molecule has 0 saturated heterocycles. The van der Waals surface area contributed by atoms with Gasteiger partial charge in [-0.05, 0) is 0 Å². The molecule has 0 aromatic rings. The van der Waals surface area contributed by atoms with Crippen molar-refractivity contribution in [2.75, 3.05) is 0 Å². The van der Waals surface area contributed by atoms with Crippen LogP contribution in [0, 0.1) is 0 Å². The summed E-state index contributed by atoms with van der Waals surface area (Å²) in [6.07, 6.45) is -7.64. The first-order valence-corrected chi connectivity index (χ1v) is 7.21. The molecule has 1 nitrogen and oxygen atoms in total. The molecule has 0 N–H and O–H groups in total. The van der Waals surface area contributed by atoms with E-state index in [0.717, 1.165) is 0 Å². The van der Waals surface area contributed by atoms with Crippen LogP contribution in [0.2, 0.25) is 0 Å². The van der Waals surface area contributed by atoms with Crippen molar-refractivity contribution in [1.29, 1.82) is 0 Å². The zero-order valence-corrected chi connectivity index (χ0v) is 14.8. The molecule has 0 aromatic heterocycles. The van der Waals surface area contributed by atoms with Gasteiger partial charge in [-0.2, -0.15) is 87.8 Å². The van der Waals surface area contributed by atoms with Crippen molar-refractivity contribution in [2.24, 2.45) is 0 Å². The Labute approximate surface area is 175 Å². The second kappa shape index (κ2) is 8.07. The molecule has 0 aromatic carbocycles. The highest BCUT2D eigenvalue weighted by molar-refractivity contribution is 5.63. The second-order valence-electron chi connectivity index (χ2n) is 6.20. The SMILES string of the molecule is O=[C]C(F)(F)C(F)(F)C(F)(F)C(F)(F)C(F)(F)C(F)(F)C(F)(F)C(F)(F)C(F)(F)C(F)(F)C(F)F. The molecule has 209 valence electrons. The molecule has 0 atom stereocenters. The third kappa shape index (κ3) is 3.76. The first-order valence-electron chi connectivity index (χ1n) is 7.21. The highest BCUT2D eigenvalue weighted by atomic mass is 19.4. The smallest absolute Gasteiger partial charge is 0.283 e. The monoisotopic (exact) mass is 579 g/mol. The lowest BCUT2D eigenvalue weighted by Gasteiger charge is -2.44. The summed E-state index contributed by atoms with van der Waals surface area (Å²) in [6, 6.07) is 0. The quantitative estimate of drug-likeness (QED) is 0.249. The molecule has 0 heterocycles. The van der Waals surface area contributed by atoms with Crippen LogP contribution in [0.15, 0.2) is 0 Å². The normalized spacial score (nSPS) is 16.7. The van der Waals surface area contributed by atoms with Crippen molar-refractivity contribution in [2.45, 2.75) is 65.7 Å². The van der Waals surface area contributed by atoms with Gasteiger partial charge >= 0.3 is 65.7 Å². The van der Waals surface area contributed by atoms with E-state index in [0.29, 0.717) is 0 Å². The Morgan fingerprint density at radius 1 is 0.371 bits per heavy atom. The summed E-state index contributed by atoms with van der Waals surface area (Å²) in [5, 5.41) is 0. The Bertz CT molecular complexity index is 792. The van der Waals surface area contributed by atoms with Gasteiger partial charge in [-0.1, -0.05) is 0 Å². The van der Waals surface area contributed by atoms with Crippen LogP contribution in [0.1, 0.15) is 0 Å². The van der Waals surface area contributed by atoms with E-state index in [1.165, 1.54) is 0 Å². The fraction of sp³-hybridized carbons (Fsp3) is 0.917. The average Bonchev–Trinajstić information content (AvgIpc) is 2.66. The van der Waals surface area contributed by atoms with Gasteiger partial charge in [0.15, 0.2) is 0 Å². The number of hydrogen-bond acceptors (Lipinski definition) is 1. The maximum absolute atomic E-state index is 13.3. The summed E-state index contributed by atoms with van der Waals surface area (Å²) in [6.45, 7) is 0. The summed E-state index contributed by atoms with van der Waals surface area (Å²) in [5.41, 5.74) is 0. The Morgan fingerprint density at radius 2 is 0.571 bits per heavy atom. The molecule has 0 aliphatic heterocycles. The maximum Gasteiger partial charge on any atom is 0.386 e. The van der Waals surface area contributed by atoms with Crippen LogP contribution in [0.25, 0.3) is 0 Å². The molecule has 0 spiro atoms. The first-order chi connectivity index (χ1) is 14.8. The minimum atomic E-state index is -9.31. The first kappa shape index (κ1) is 33.1. The predicted molar refractivity (Wildman–Crippen MR) is 61.2 cm³/mol. The van der Waals surface area contributed by atoms with Crippen LogP contribution in [-0.4, -0.2) is 71.9 Å². The average molecular weight is 579 g/mol. The fourth-order valence-electron chi connectivity index (χ4n) is 1.79. The molecule has 0 rings (SSSR count). The summed E-state index contributed by atoms with van der Waals surface area (Å²) < 4.78 is 284. The van der Waals surface area contributed by atoms with E-state index in [2.05, 4.69) is 0 Å². The van der Waals surface area contributed by atoms with Gasteiger partial charge in [0.05, 0.1) is 0 Å². The predicted octanol–water partition coefficient (Wildman–Crippen LogP) is 6.71. The fourth-order valence-corrected chi connectivity index (χ4v) is 1.79. The summed E-state index contributed by atoms with van der Waals surface area (Å²) in [5.74, 6) is -86.8. The minimum Gasteiger partial charge on any atom is -0.283 e. The zero-order valence-electron chi connectivity index (χ0n) is 14.8. The Balaban J connectivity index is 7.14. The second-order valence-corrected chi connectivity index (χ2v) is 6.20. The molecule has 1 radical (unpaired) electrons. The third-order valence-corrected chi connectivity index (χ3v) is 3.98. The van der Waals surface area contributed by atoms with Crippen LogP contribution in [-0.2, 0) is 4.79 Å². The lowest BCUT2D eigenvalue weighted by atomic mass is 9.85. The van der Waals surface area contributed by atoms with Crippen LogP contribution >= 0.6 is 0 Å². The van der Waals surface area contributed by atoms with Crippen molar-refractivity contribution in [3.8, 4) is 0 Å². The van der Waals surface area contributed by atoms with Gasteiger partial charge < -0.3 is 0 Å². The molecule has 23 heteroatoms. The summed E-state index contributed by atoms with van der Waals surface area (Å²) >= 11 is 0. The van der Waals surface area contributed by atoms with Crippen molar-refractivity contribution in [3.63, 3.8) is 0 Å². The van der Waals surface area contributed by atoms with Gasteiger partial charge in [0.2, 0.25) is 0 Å². The lowest BCUT2D eigenvalue weighted by Crippen LogP contribution is -2.77. The number of halogens is 22. The van der Waals surface area contributed by atoms with Gasteiger partial charge in [-0.3, -0.25) is 4.79 Å². The molecular weight excluding hydrogens is 578 g/mol. The Morgan fingerprint density at radius 3 is 0.771 bits per heavy atom. The van der Waals surface area contributed by atoms with Crippen molar-refractivity contribution in [3.05, 3.63) is 0 Å². The standard InChI is InChI=1S/C12HF22O/c13-2(14)4(17,18)6(21,22)8(25,26)10(29,30)12(33,34)11(31,32)9(27,28)7(23,24)5(19,20)3(15,16)1-35/h2H. The van der Waals surface area contributed by atoms with E-state index in [1.54, 1.807) is 0 Å². The molecule has 0 fully saturated rings. The molecule has 35 heavy (non-hydrogen) atoms. The van der Waals surface area contributed by atoms with E-state index in [1.807, 2.05) is 0 Å². The lowest BCUT2D eigenvalue weighted by molar-refractivity contribution is -0.469. The van der Waals surface area contributed by atoms with E-state index in [4.69, 9.17) is 0 Å². The van der Waals surface area contributed by atoms with Crippen molar-refractivity contribution in [1.82, 2.24) is 0 Å². The molecule has 0 aliphatic carbocycles. The van der Waals surface area contributed by atoms with Crippen LogP contribution < -0.4 is 0 Å². The van der Waals surface area contributed by atoms with E-state index in [9.17, 15) is 101 Å². The Hall–Kier alpha value is -1.87. The number of alkyl halides is 22. The molecule has 0 amide bonds. The zero-order chi connectivity index (χ0) is 29.3. The Kier molecular flexibility index (Phi) is 7.64. The van der Waals surface area contributed by atoms with Crippen molar-refractivity contribution >= 4 is 6.29 Å². The van der Waals surface area contributed by atoms with Gasteiger partial charge in [-0.15, -0.1) is 0 Å². The van der Waals surface area contributed by atoms with Gasteiger partial charge in [0.25, 0.3) is 6.29 Å². The molecule has 0 saturated carbocycles. The van der Waals surface area contributed by atoms with Gasteiger partial charge in [0.1, 0.15) is 0 Å². The molecule has 0 aliphatic rings. The summed E-state index contributed by atoms with van der Waals surface area (Å²) in [7, 11) is 0. The van der Waals surface area contributed by atoms with Gasteiger partial charge in [-0.25, -0.2) is 8.78 Å². The minimum absolute atomic E-state index is 1.45. The van der Waals surface area contributed by atoms with Crippen LogP contribution in [0.5, 0.6) is 0 Å². The third-order valence-electron chi connectivity index (χ3n) is 3.98. The maximum atomic E-state index is 13.3. The number of carbonyl (C=O) groups excluding carboxylic acids is 1. The number of hydrogen-bond donors (Lipinski definition) is 0. The molecule has 0 unspecified atom stereocenters. The molecule has 0 bridgehead atoms. The van der Waals surface area contributed by atoms with E-state index < -0.39 is 71.9 Å². The van der Waals surface area contributed by atoms with Crippen molar-refractivity contribution < 1.29 is 101 Å². The van der Waals surface area contributed by atoms with E-state index >= 15 is 0 Å². The topological polar surface area (TPSA) is 17.1 Å². The largest absolute Gasteiger partial charge is 0.386 e. The van der Waals surface area contributed by atoms with Crippen LogP contribution in [0.4, 0.5) is 96.6 Å².